The Kier molecular flexibility index (Phi) is 2.72. The molecule has 0 aliphatic heterocycles. The highest BCUT2D eigenvalue weighted by atomic mass is 16.3. The minimum atomic E-state index is 0.229. The molecule has 1 N–H and O–H groups in total. The zero-order valence-electron chi connectivity index (χ0n) is 8.72. The van der Waals surface area contributed by atoms with Crippen molar-refractivity contribution in [2.24, 2.45) is 0 Å². The summed E-state index contributed by atoms with van der Waals surface area (Å²) in [5.74, 6) is 0.598. The summed E-state index contributed by atoms with van der Waals surface area (Å²) in [6.45, 7) is 2.10. The Balaban J connectivity index is 2.37. The third kappa shape index (κ3) is 2.01. The molecular weight excluding hydrogens is 184 g/mol. The van der Waals surface area contributed by atoms with Gasteiger partial charge in [-0.25, -0.2) is 0 Å². The highest BCUT2D eigenvalue weighted by Crippen LogP contribution is 2.30. The van der Waals surface area contributed by atoms with Crippen LogP contribution >= 0.6 is 0 Å². The molecule has 0 amide bonds. The molecule has 0 unspecified atom stereocenters. The van der Waals surface area contributed by atoms with Gasteiger partial charge in [-0.2, -0.15) is 0 Å². The normalized spacial score (nSPS) is 12.3. The number of benzene rings is 2. The van der Waals surface area contributed by atoms with Gasteiger partial charge in [-0.15, -0.1) is 0 Å². The fourth-order valence-electron chi connectivity index (χ4n) is 1.77. The van der Waals surface area contributed by atoms with E-state index in [4.69, 9.17) is 0 Å². The molecule has 0 fully saturated rings. The molecule has 1 nitrogen and oxygen atoms in total. The number of hydrogen-bond donors (Lipinski definition) is 1. The fraction of sp³-hybridized carbons (Fsp3) is 0.143. The molecule has 1 atom stereocenters. The van der Waals surface area contributed by atoms with Crippen LogP contribution in [-0.2, 0) is 0 Å². The van der Waals surface area contributed by atoms with Crippen molar-refractivity contribution in [1.29, 1.82) is 0 Å². The molecule has 0 heterocycles. The van der Waals surface area contributed by atoms with Crippen LogP contribution in [0.4, 0.5) is 0 Å². The zero-order valence-corrected chi connectivity index (χ0v) is 8.72. The van der Waals surface area contributed by atoms with Crippen LogP contribution in [0.5, 0.6) is 5.75 Å². The second-order valence-electron chi connectivity index (χ2n) is 3.69. The van der Waals surface area contributed by atoms with E-state index in [1.165, 1.54) is 5.56 Å². The summed E-state index contributed by atoms with van der Waals surface area (Å²) in [4.78, 5) is 0. The van der Waals surface area contributed by atoms with Crippen LogP contribution in [0.2, 0.25) is 0 Å². The molecule has 76 valence electrons. The highest BCUT2D eigenvalue weighted by Gasteiger charge is 2.10. The monoisotopic (exact) mass is 198 g/mol. The van der Waals surface area contributed by atoms with Gasteiger partial charge < -0.3 is 5.11 Å². The smallest absolute Gasteiger partial charge is 0.119 e. The second kappa shape index (κ2) is 4.18. The minimum Gasteiger partial charge on any atom is -0.508 e. The first-order chi connectivity index (χ1) is 7.29. The van der Waals surface area contributed by atoms with E-state index in [2.05, 4.69) is 19.1 Å². The minimum absolute atomic E-state index is 0.229. The summed E-state index contributed by atoms with van der Waals surface area (Å²) in [5, 5.41) is 9.74. The average molecular weight is 198 g/mol. The third-order valence-corrected chi connectivity index (χ3v) is 2.70. The molecule has 0 spiro atoms. The van der Waals surface area contributed by atoms with Gasteiger partial charge >= 0.3 is 0 Å². The Morgan fingerprint density at radius 3 is 2.13 bits per heavy atom. The Labute approximate surface area is 90.0 Å². The number of hydrogen-bond acceptors (Lipinski definition) is 1. The van der Waals surface area contributed by atoms with E-state index in [1.54, 1.807) is 6.07 Å². The standard InChI is InChI=1S/C14H14O/c1-11(12-7-3-2-4-8-12)13-9-5-6-10-14(13)15/h2-11,15H,1H3/t11-/m1/s1. The highest BCUT2D eigenvalue weighted by molar-refractivity contribution is 5.40. The lowest BCUT2D eigenvalue weighted by molar-refractivity contribution is 0.466. The molecule has 2 aromatic carbocycles. The van der Waals surface area contributed by atoms with E-state index < -0.39 is 0 Å². The van der Waals surface area contributed by atoms with E-state index in [0.29, 0.717) is 5.75 Å². The van der Waals surface area contributed by atoms with E-state index in [0.717, 1.165) is 5.56 Å². The number of rotatable bonds is 2. The first-order valence-corrected chi connectivity index (χ1v) is 5.12. The van der Waals surface area contributed by atoms with Crippen molar-refractivity contribution in [1.82, 2.24) is 0 Å². The fourth-order valence-corrected chi connectivity index (χ4v) is 1.77. The second-order valence-corrected chi connectivity index (χ2v) is 3.69. The predicted molar refractivity (Wildman–Crippen MR) is 62.1 cm³/mol. The van der Waals surface area contributed by atoms with Crippen LogP contribution in [0.15, 0.2) is 54.6 Å². The van der Waals surface area contributed by atoms with Gasteiger partial charge in [0.1, 0.15) is 5.75 Å². The van der Waals surface area contributed by atoms with Crippen LogP contribution in [0.3, 0.4) is 0 Å². The SMILES string of the molecule is C[C@H](c1ccccc1)c1ccccc1O. The Morgan fingerprint density at radius 2 is 1.47 bits per heavy atom. The van der Waals surface area contributed by atoms with Gasteiger partial charge in [-0.1, -0.05) is 55.5 Å². The number of aromatic hydroxyl groups is 1. The van der Waals surface area contributed by atoms with Crippen LogP contribution < -0.4 is 0 Å². The van der Waals surface area contributed by atoms with Crippen molar-refractivity contribution < 1.29 is 5.11 Å². The predicted octanol–water partition coefficient (Wildman–Crippen LogP) is 3.54. The molecular formula is C14H14O. The maximum atomic E-state index is 9.74. The molecule has 15 heavy (non-hydrogen) atoms. The largest absolute Gasteiger partial charge is 0.508 e. The summed E-state index contributed by atoms with van der Waals surface area (Å²) in [5.41, 5.74) is 2.20. The Morgan fingerprint density at radius 1 is 0.867 bits per heavy atom. The lowest BCUT2D eigenvalue weighted by Gasteiger charge is -2.13. The van der Waals surface area contributed by atoms with Gasteiger partial charge in [-0.3, -0.25) is 0 Å². The van der Waals surface area contributed by atoms with E-state index >= 15 is 0 Å². The Bertz CT molecular complexity index is 434. The van der Waals surface area contributed by atoms with Crippen LogP contribution in [0.1, 0.15) is 24.0 Å². The molecule has 2 aromatic rings. The third-order valence-electron chi connectivity index (χ3n) is 2.70. The van der Waals surface area contributed by atoms with Gasteiger partial charge in [0.25, 0.3) is 0 Å². The van der Waals surface area contributed by atoms with E-state index in [-0.39, 0.29) is 5.92 Å². The molecule has 0 bridgehead atoms. The van der Waals surface area contributed by atoms with Gasteiger partial charge in [0, 0.05) is 11.5 Å². The van der Waals surface area contributed by atoms with Crippen molar-refractivity contribution >= 4 is 0 Å². The van der Waals surface area contributed by atoms with Crippen LogP contribution in [-0.4, -0.2) is 5.11 Å². The van der Waals surface area contributed by atoms with Gasteiger partial charge in [-0.05, 0) is 11.6 Å². The maximum Gasteiger partial charge on any atom is 0.119 e. The Hall–Kier alpha value is -1.76. The molecule has 0 saturated carbocycles. The molecule has 1 heteroatoms. The number of para-hydroxylation sites is 1. The number of phenolic OH excluding ortho intramolecular Hbond substituents is 1. The molecule has 0 saturated heterocycles. The summed E-state index contributed by atoms with van der Waals surface area (Å²) < 4.78 is 0. The lowest BCUT2D eigenvalue weighted by atomic mass is 9.93. The zero-order chi connectivity index (χ0) is 10.7. The van der Waals surface area contributed by atoms with Gasteiger partial charge in [0.05, 0.1) is 0 Å². The van der Waals surface area contributed by atoms with Crippen LogP contribution in [0, 0.1) is 0 Å². The summed E-state index contributed by atoms with van der Waals surface area (Å²) in [6, 6.07) is 17.7. The van der Waals surface area contributed by atoms with Gasteiger partial charge in [0.2, 0.25) is 0 Å². The van der Waals surface area contributed by atoms with Crippen molar-refractivity contribution in [3.05, 3.63) is 65.7 Å². The quantitative estimate of drug-likeness (QED) is 0.782. The van der Waals surface area contributed by atoms with Crippen LogP contribution in [0.25, 0.3) is 0 Å². The summed E-state index contributed by atoms with van der Waals surface area (Å²) in [7, 11) is 0. The average Bonchev–Trinajstić information content (AvgIpc) is 2.30. The molecule has 2 rings (SSSR count). The lowest BCUT2D eigenvalue weighted by Crippen LogP contribution is -1.95. The van der Waals surface area contributed by atoms with Crippen molar-refractivity contribution in [3.8, 4) is 5.75 Å². The maximum absolute atomic E-state index is 9.74. The first-order valence-electron chi connectivity index (χ1n) is 5.12. The first kappa shape index (κ1) is 9.78. The van der Waals surface area contributed by atoms with Crippen molar-refractivity contribution in [3.63, 3.8) is 0 Å². The molecule has 0 aromatic heterocycles. The topological polar surface area (TPSA) is 20.2 Å². The van der Waals surface area contributed by atoms with E-state index in [1.807, 2.05) is 36.4 Å². The summed E-state index contributed by atoms with van der Waals surface area (Å²) in [6.07, 6.45) is 0. The molecule has 0 radical (unpaired) electrons. The number of phenols is 1. The van der Waals surface area contributed by atoms with Crippen molar-refractivity contribution in [2.75, 3.05) is 0 Å². The molecule has 0 aliphatic rings. The van der Waals surface area contributed by atoms with E-state index in [9.17, 15) is 5.11 Å². The van der Waals surface area contributed by atoms with Gasteiger partial charge in [0.15, 0.2) is 0 Å². The van der Waals surface area contributed by atoms with Crippen molar-refractivity contribution in [2.45, 2.75) is 12.8 Å². The summed E-state index contributed by atoms with van der Waals surface area (Å²) >= 11 is 0. The molecule has 0 aliphatic carbocycles.